The Balaban J connectivity index is 3.14. The van der Waals surface area contributed by atoms with Gasteiger partial charge in [-0.2, -0.15) is 0 Å². The number of halogens is 1. The molecule has 1 unspecified atom stereocenters. The zero-order valence-electron chi connectivity index (χ0n) is 10.2. The quantitative estimate of drug-likeness (QED) is 0.877. The molecule has 1 aromatic rings. The lowest BCUT2D eigenvalue weighted by atomic mass is 9.79. The minimum Gasteiger partial charge on any atom is -0.496 e. The molecule has 0 aliphatic carbocycles. The summed E-state index contributed by atoms with van der Waals surface area (Å²) in [7, 11) is 1.64. The first kappa shape index (κ1) is 13.3. The molecule has 1 N–H and O–H groups in total. The fourth-order valence-electron chi connectivity index (χ4n) is 2.06. The third-order valence-corrected chi connectivity index (χ3v) is 2.93. The summed E-state index contributed by atoms with van der Waals surface area (Å²) in [5.74, 6) is 0.815. The molecule has 0 amide bonds. The summed E-state index contributed by atoms with van der Waals surface area (Å²) in [6, 6.07) is 5.58. The fraction of sp³-hybridized carbons (Fsp3) is 0.538. The molecule has 2 nitrogen and oxygen atoms in total. The van der Waals surface area contributed by atoms with E-state index in [9.17, 15) is 5.11 Å². The third-order valence-electron chi connectivity index (χ3n) is 2.70. The first-order valence-electron chi connectivity index (χ1n) is 5.39. The molecule has 1 atom stereocenters. The Morgan fingerprint density at radius 2 is 2.06 bits per heavy atom. The standard InChI is InChI=1S/C13H19ClO2/c1-9(15)8-13(2,3)11-7-10(14)5-6-12(11)16-4/h5-7,9,15H,8H2,1-4H3. The van der Waals surface area contributed by atoms with Gasteiger partial charge in [-0.3, -0.25) is 0 Å². The number of ether oxygens (including phenoxy) is 1. The van der Waals surface area contributed by atoms with Gasteiger partial charge in [0.2, 0.25) is 0 Å². The van der Waals surface area contributed by atoms with Crippen molar-refractivity contribution < 1.29 is 9.84 Å². The van der Waals surface area contributed by atoms with E-state index < -0.39 is 0 Å². The third kappa shape index (κ3) is 3.13. The molecule has 16 heavy (non-hydrogen) atoms. The average molecular weight is 243 g/mol. The van der Waals surface area contributed by atoms with E-state index >= 15 is 0 Å². The van der Waals surface area contributed by atoms with Gasteiger partial charge >= 0.3 is 0 Å². The maximum absolute atomic E-state index is 9.51. The van der Waals surface area contributed by atoms with E-state index in [-0.39, 0.29) is 11.5 Å². The summed E-state index contributed by atoms with van der Waals surface area (Å²) >= 11 is 6.00. The van der Waals surface area contributed by atoms with E-state index in [1.165, 1.54) is 0 Å². The molecule has 90 valence electrons. The minimum atomic E-state index is -0.348. The molecule has 0 aromatic heterocycles. The Morgan fingerprint density at radius 3 is 2.56 bits per heavy atom. The van der Waals surface area contributed by atoms with Crippen molar-refractivity contribution >= 4 is 11.6 Å². The van der Waals surface area contributed by atoms with Crippen molar-refractivity contribution in [3.63, 3.8) is 0 Å². The highest BCUT2D eigenvalue weighted by atomic mass is 35.5. The van der Waals surface area contributed by atoms with Gasteiger partial charge in [-0.25, -0.2) is 0 Å². The second-order valence-corrected chi connectivity index (χ2v) is 5.22. The van der Waals surface area contributed by atoms with E-state index in [2.05, 4.69) is 13.8 Å². The number of hydrogen-bond donors (Lipinski definition) is 1. The fourth-order valence-corrected chi connectivity index (χ4v) is 2.23. The second-order valence-electron chi connectivity index (χ2n) is 4.78. The molecule has 0 spiro atoms. The lowest BCUT2D eigenvalue weighted by Crippen LogP contribution is -2.23. The van der Waals surface area contributed by atoms with Crippen LogP contribution in [0.25, 0.3) is 0 Å². The summed E-state index contributed by atoms with van der Waals surface area (Å²) in [6.45, 7) is 5.95. The molecular weight excluding hydrogens is 224 g/mol. The normalized spacial score (nSPS) is 13.6. The number of aliphatic hydroxyl groups excluding tert-OH is 1. The van der Waals surface area contributed by atoms with Crippen LogP contribution in [0.5, 0.6) is 5.75 Å². The lowest BCUT2D eigenvalue weighted by Gasteiger charge is -2.28. The summed E-state index contributed by atoms with van der Waals surface area (Å²) in [5, 5.41) is 10.2. The van der Waals surface area contributed by atoms with E-state index in [0.717, 1.165) is 11.3 Å². The molecule has 0 heterocycles. The van der Waals surface area contributed by atoms with Gasteiger partial charge in [-0.1, -0.05) is 25.4 Å². The molecule has 0 aliphatic rings. The Morgan fingerprint density at radius 1 is 1.44 bits per heavy atom. The number of aliphatic hydroxyl groups is 1. The lowest BCUT2D eigenvalue weighted by molar-refractivity contribution is 0.156. The first-order valence-corrected chi connectivity index (χ1v) is 5.76. The van der Waals surface area contributed by atoms with Crippen LogP contribution in [-0.4, -0.2) is 18.3 Å². The Bertz CT molecular complexity index is 359. The molecule has 1 rings (SSSR count). The Hall–Kier alpha value is -0.730. The maximum atomic E-state index is 9.51. The van der Waals surface area contributed by atoms with Gasteiger partial charge in [0.1, 0.15) is 5.75 Å². The molecular formula is C13H19ClO2. The highest BCUT2D eigenvalue weighted by molar-refractivity contribution is 6.30. The molecule has 0 fully saturated rings. The predicted molar refractivity (Wildman–Crippen MR) is 67.3 cm³/mol. The monoisotopic (exact) mass is 242 g/mol. The van der Waals surface area contributed by atoms with Gasteiger partial charge in [0.15, 0.2) is 0 Å². The largest absolute Gasteiger partial charge is 0.496 e. The SMILES string of the molecule is COc1ccc(Cl)cc1C(C)(C)CC(C)O. The molecule has 3 heteroatoms. The molecule has 0 saturated carbocycles. The van der Waals surface area contributed by atoms with Crippen molar-refractivity contribution in [2.45, 2.75) is 38.7 Å². The summed E-state index contributed by atoms with van der Waals surface area (Å²) in [5.41, 5.74) is 0.869. The van der Waals surface area contributed by atoms with Crippen molar-refractivity contribution in [3.05, 3.63) is 28.8 Å². The van der Waals surface area contributed by atoms with Crippen LogP contribution in [0.3, 0.4) is 0 Å². The number of benzene rings is 1. The predicted octanol–water partition coefficient (Wildman–Crippen LogP) is 3.40. The van der Waals surface area contributed by atoms with E-state index in [4.69, 9.17) is 16.3 Å². The van der Waals surface area contributed by atoms with Crippen LogP contribution >= 0.6 is 11.6 Å². The van der Waals surface area contributed by atoms with Crippen molar-refractivity contribution in [3.8, 4) is 5.75 Å². The van der Waals surface area contributed by atoms with Crippen LogP contribution in [0.2, 0.25) is 5.02 Å². The molecule has 0 saturated heterocycles. The highest BCUT2D eigenvalue weighted by Crippen LogP contribution is 2.36. The second kappa shape index (κ2) is 5.07. The minimum absolute atomic E-state index is 0.162. The number of hydrogen-bond acceptors (Lipinski definition) is 2. The van der Waals surface area contributed by atoms with Gasteiger partial charge < -0.3 is 9.84 Å². The topological polar surface area (TPSA) is 29.5 Å². The van der Waals surface area contributed by atoms with E-state index in [0.29, 0.717) is 11.4 Å². The first-order chi connectivity index (χ1) is 7.36. The van der Waals surface area contributed by atoms with Crippen LogP contribution in [0.4, 0.5) is 0 Å². The van der Waals surface area contributed by atoms with Crippen LogP contribution < -0.4 is 4.74 Å². The Labute approximate surface area is 102 Å². The van der Waals surface area contributed by atoms with Crippen molar-refractivity contribution in [2.24, 2.45) is 0 Å². The summed E-state index contributed by atoms with van der Waals surface area (Å²) < 4.78 is 5.33. The maximum Gasteiger partial charge on any atom is 0.122 e. The summed E-state index contributed by atoms with van der Waals surface area (Å²) in [6.07, 6.45) is 0.322. The van der Waals surface area contributed by atoms with Crippen molar-refractivity contribution in [2.75, 3.05) is 7.11 Å². The molecule has 0 radical (unpaired) electrons. The van der Waals surface area contributed by atoms with Crippen LogP contribution in [0.1, 0.15) is 32.8 Å². The summed E-state index contributed by atoms with van der Waals surface area (Å²) in [4.78, 5) is 0. The van der Waals surface area contributed by atoms with E-state index in [1.54, 1.807) is 14.0 Å². The van der Waals surface area contributed by atoms with Gasteiger partial charge in [-0.15, -0.1) is 0 Å². The van der Waals surface area contributed by atoms with Gasteiger partial charge in [0, 0.05) is 10.6 Å². The van der Waals surface area contributed by atoms with Gasteiger partial charge in [0.25, 0.3) is 0 Å². The van der Waals surface area contributed by atoms with Gasteiger partial charge in [0.05, 0.1) is 13.2 Å². The van der Waals surface area contributed by atoms with Gasteiger partial charge in [-0.05, 0) is 37.0 Å². The average Bonchev–Trinajstić information content (AvgIpc) is 2.15. The van der Waals surface area contributed by atoms with Crippen LogP contribution in [-0.2, 0) is 5.41 Å². The molecule has 0 bridgehead atoms. The van der Waals surface area contributed by atoms with Crippen molar-refractivity contribution in [1.82, 2.24) is 0 Å². The van der Waals surface area contributed by atoms with E-state index in [1.807, 2.05) is 18.2 Å². The molecule has 1 aromatic carbocycles. The molecule has 0 aliphatic heterocycles. The zero-order valence-corrected chi connectivity index (χ0v) is 11.0. The Kier molecular flexibility index (Phi) is 4.22. The highest BCUT2D eigenvalue weighted by Gasteiger charge is 2.26. The van der Waals surface area contributed by atoms with Crippen LogP contribution in [0.15, 0.2) is 18.2 Å². The number of rotatable bonds is 4. The van der Waals surface area contributed by atoms with Crippen LogP contribution in [0, 0.1) is 0 Å². The van der Waals surface area contributed by atoms with Crippen molar-refractivity contribution in [1.29, 1.82) is 0 Å². The zero-order chi connectivity index (χ0) is 12.3. The smallest absolute Gasteiger partial charge is 0.122 e. The number of methoxy groups -OCH3 is 1.